The van der Waals surface area contributed by atoms with E-state index in [0.717, 1.165) is 35.9 Å². The molecule has 0 saturated carbocycles. The molecule has 4 heteroatoms. The molecule has 2 N–H and O–H groups in total. The van der Waals surface area contributed by atoms with Crippen molar-refractivity contribution in [2.75, 3.05) is 13.2 Å². The van der Waals surface area contributed by atoms with Crippen LogP contribution in [0.5, 0.6) is 0 Å². The Bertz CT molecular complexity index is 634. The number of benzene rings is 1. The molecule has 118 valence electrons. The molecule has 0 radical (unpaired) electrons. The smallest absolute Gasteiger partial charge is 0.253 e. The Kier molecular flexibility index (Phi) is 5.90. The van der Waals surface area contributed by atoms with E-state index in [1.165, 1.54) is 0 Å². The molecule has 0 aliphatic carbocycles. The number of carbonyl (C=O) groups is 1. The second-order valence-electron chi connectivity index (χ2n) is 5.71. The number of fused-ring (bicyclic) bond motifs is 1. The van der Waals surface area contributed by atoms with Gasteiger partial charge in [0.1, 0.15) is 0 Å². The fraction of sp³-hybridized carbons (Fsp3) is 0.444. The Morgan fingerprint density at radius 2 is 2.09 bits per heavy atom. The van der Waals surface area contributed by atoms with Crippen molar-refractivity contribution in [1.82, 2.24) is 10.3 Å². The van der Waals surface area contributed by atoms with Crippen molar-refractivity contribution in [1.29, 1.82) is 0 Å². The minimum absolute atomic E-state index is 0.0947. The zero-order valence-corrected chi connectivity index (χ0v) is 13.3. The maximum Gasteiger partial charge on any atom is 0.253 e. The van der Waals surface area contributed by atoms with Crippen LogP contribution >= 0.6 is 0 Å². The van der Waals surface area contributed by atoms with E-state index in [1.807, 2.05) is 37.3 Å². The van der Waals surface area contributed by atoms with Gasteiger partial charge in [-0.3, -0.25) is 9.78 Å². The third-order valence-corrected chi connectivity index (χ3v) is 3.89. The first-order valence-corrected chi connectivity index (χ1v) is 7.91. The van der Waals surface area contributed by atoms with Crippen LogP contribution in [0.25, 0.3) is 10.9 Å². The molecule has 2 rings (SSSR count). The predicted molar refractivity (Wildman–Crippen MR) is 88.9 cm³/mol. The van der Waals surface area contributed by atoms with Crippen LogP contribution in [-0.2, 0) is 0 Å². The van der Waals surface area contributed by atoms with Gasteiger partial charge in [-0.25, -0.2) is 0 Å². The van der Waals surface area contributed by atoms with Crippen LogP contribution in [0.4, 0.5) is 0 Å². The third-order valence-electron chi connectivity index (χ3n) is 3.89. The molecule has 0 bridgehead atoms. The molecule has 1 heterocycles. The standard InChI is InChI=1S/C18H24N2O2/c1-3-5-14(10-11-21)12-19-18(22)16-7-4-6-15-9-8-13(2)20-17(15)16/h4,6-9,14,21H,3,5,10-12H2,1-2H3,(H,19,22). The van der Waals surface area contributed by atoms with Gasteiger partial charge >= 0.3 is 0 Å². The number of aromatic nitrogens is 1. The summed E-state index contributed by atoms with van der Waals surface area (Å²) in [4.78, 5) is 17.0. The summed E-state index contributed by atoms with van der Waals surface area (Å²) >= 11 is 0. The number of hydrogen-bond donors (Lipinski definition) is 2. The van der Waals surface area contributed by atoms with E-state index in [1.54, 1.807) is 0 Å². The third kappa shape index (κ3) is 4.04. The number of rotatable bonds is 7. The number of pyridine rings is 1. The molecular formula is C18H24N2O2. The fourth-order valence-corrected chi connectivity index (χ4v) is 2.70. The summed E-state index contributed by atoms with van der Waals surface area (Å²) < 4.78 is 0. The largest absolute Gasteiger partial charge is 0.396 e. The molecule has 0 aliphatic heterocycles. The Morgan fingerprint density at radius 1 is 1.27 bits per heavy atom. The molecular weight excluding hydrogens is 276 g/mol. The lowest BCUT2D eigenvalue weighted by atomic mass is 10.00. The lowest BCUT2D eigenvalue weighted by Crippen LogP contribution is -2.30. The number of para-hydroxylation sites is 1. The van der Waals surface area contributed by atoms with Crippen molar-refractivity contribution in [2.45, 2.75) is 33.1 Å². The van der Waals surface area contributed by atoms with E-state index >= 15 is 0 Å². The molecule has 2 aromatic rings. The molecule has 1 amide bonds. The molecule has 1 unspecified atom stereocenters. The van der Waals surface area contributed by atoms with Gasteiger partial charge in [-0.15, -0.1) is 0 Å². The molecule has 22 heavy (non-hydrogen) atoms. The summed E-state index contributed by atoms with van der Waals surface area (Å²) in [5, 5.41) is 13.1. The first-order valence-electron chi connectivity index (χ1n) is 7.91. The van der Waals surface area contributed by atoms with E-state index in [9.17, 15) is 4.79 Å². The number of amides is 1. The van der Waals surface area contributed by atoms with Crippen LogP contribution in [-0.4, -0.2) is 29.1 Å². The van der Waals surface area contributed by atoms with Crippen molar-refractivity contribution in [2.24, 2.45) is 5.92 Å². The van der Waals surface area contributed by atoms with Crippen molar-refractivity contribution >= 4 is 16.8 Å². The average Bonchev–Trinajstić information content (AvgIpc) is 2.52. The Labute approximate surface area is 131 Å². The van der Waals surface area contributed by atoms with E-state index in [0.29, 0.717) is 18.0 Å². The van der Waals surface area contributed by atoms with E-state index in [4.69, 9.17) is 5.11 Å². The van der Waals surface area contributed by atoms with Gasteiger partial charge in [-0.2, -0.15) is 0 Å². The van der Waals surface area contributed by atoms with Gasteiger partial charge in [0.2, 0.25) is 0 Å². The summed E-state index contributed by atoms with van der Waals surface area (Å²) in [5.41, 5.74) is 2.26. The SMILES string of the molecule is CCCC(CCO)CNC(=O)c1cccc2ccc(C)nc12. The lowest BCUT2D eigenvalue weighted by molar-refractivity contribution is 0.0944. The molecule has 0 spiro atoms. The Hall–Kier alpha value is -1.94. The first-order chi connectivity index (χ1) is 10.7. The maximum absolute atomic E-state index is 12.5. The zero-order chi connectivity index (χ0) is 15.9. The van der Waals surface area contributed by atoms with Gasteiger partial charge in [0.15, 0.2) is 0 Å². The van der Waals surface area contributed by atoms with Gasteiger partial charge in [0.05, 0.1) is 11.1 Å². The number of nitrogens with one attached hydrogen (secondary N) is 1. The normalized spacial score (nSPS) is 12.3. The highest BCUT2D eigenvalue weighted by molar-refractivity contribution is 6.05. The van der Waals surface area contributed by atoms with E-state index in [-0.39, 0.29) is 12.5 Å². The van der Waals surface area contributed by atoms with E-state index < -0.39 is 0 Å². The minimum atomic E-state index is -0.0947. The predicted octanol–water partition coefficient (Wildman–Crippen LogP) is 3.07. The monoisotopic (exact) mass is 300 g/mol. The van der Waals surface area contributed by atoms with Crippen LogP contribution < -0.4 is 5.32 Å². The van der Waals surface area contributed by atoms with Crippen LogP contribution in [0, 0.1) is 12.8 Å². The number of nitrogens with zero attached hydrogens (tertiary/aromatic N) is 1. The summed E-state index contributed by atoms with van der Waals surface area (Å²) in [7, 11) is 0. The van der Waals surface area contributed by atoms with Crippen molar-refractivity contribution in [3.63, 3.8) is 0 Å². The number of hydrogen-bond acceptors (Lipinski definition) is 3. The van der Waals surface area contributed by atoms with Crippen LogP contribution in [0.2, 0.25) is 0 Å². The van der Waals surface area contributed by atoms with Crippen LogP contribution in [0.15, 0.2) is 30.3 Å². The van der Waals surface area contributed by atoms with Gasteiger partial charge < -0.3 is 10.4 Å². The average molecular weight is 300 g/mol. The van der Waals surface area contributed by atoms with Crippen LogP contribution in [0.1, 0.15) is 42.2 Å². The highest BCUT2D eigenvalue weighted by Gasteiger charge is 2.13. The highest BCUT2D eigenvalue weighted by Crippen LogP contribution is 2.17. The summed E-state index contributed by atoms with van der Waals surface area (Å²) in [5.74, 6) is 0.228. The number of aryl methyl sites for hydroxylation is 1. The number of aliphatic hydroxyl groups excluding tert-OH is 1. The van der Waals surface area contributed by atoms with Gasteiger partial charge in [-0.05, 0) is 37.8 Å². The topological polar surface area (TPSA) is 62.2 Å². The number of aliphatic hydroxyl groups is 1. The lowest BCUT2D eigenvalue weighted by Gasteiger charge is -2.16. The molecule has 0 saturated heterocycles. The molecule has 0 fully saturated rings. The maximum atomic E-state index is 12.5. The van der Waals surface area contributed by atoms with Crippen molar-refractivity contribution in [3.05, 3.63) is 41.6 Å². The van der Waals surface area contributed by atoms with Gasteiger partial charge in [-0.1, -0.05) is 31.5 Å². The molecule has 0 aliphatic rings. The van der Waals surface area contributed by atoms with Gasteiger partial charge in [0, 0.05) is 24.2 Å². The second-order valence-corrected chi connectivity index (χ2v) is 5.71. The van der Waals surface area contributed by atoms with Gasteiger partial charge in [0.25, 0.3) is 5.91 Å². The first kappa shape index (κ1) is 16.4. The zero-order valence-electron chi connectivity index (χ0n) is 13.3. The molecule has 1 aromatic heterocycles. The van der Waals surface area contributed by atoms with Crippen LogP contribution in [0.3, 0.4) is 0 Å². The summed E-state index contributed by atoms with van der Waals surface area (Å²) in [6, 6.07) is 9.59. The van der Waals surface area contributed by atoms with E-state index in [2.05, 4.69) is 17.2 Å². The fourth-order valence-electron chi connectivity index (χ4n) is 2.70. The summed E-state index contributed by atoms with van der Waals surface area (Å²) in [6.07, 6.45) is 2.78. The quantitative estimate of drug-likeness (QED) is 0.826. The minimum Gasteiger partial charge on any atom is -0.396 e. The molecule has 1 aromatic carbocycles. The Balaban J connectivity index is 2.14. The van der Waals surface area contributed by atoms with Crippen molar-refractivity contribution in [3.8, 4) is 0 Å². The molecule has 1 atom stereocenters. The number of carbonyl (C=O) groups excluding carboxylic acids is 1. The summed E-state index contributed by atoms with van der Waals surface area (Å²) in [6.45, 7) is 4.79. The highest BCUT2D eigenvalue weighted by atomic mass is 16.3. The Morgan fingerprint density at radius 3 is 2.82 bits per heavy atom. The van der Waals surface area contributed by atoms with Crippen molar-refractivity contribution < 1.29 is 9.90 Å². The molecule has 4 nitrogen and oxygen atoms in total. The second kappa shape index (κ2) is 7.90.